The van der Waals surface area contributed by atoms with Gasteiger partial charge in [0.25, 0.3) is 0 Å². The molecule has 1 atom stereocenters. The summed E-state index contributed by atoms with van der Waals surface area (Å²) in [5.74, 6) is -0.808. The van der Waals surface area contributed by atoms with E-state index in [0.717, 1.165) is 5.56 Å². The van der Waals surface area contributed by atoms with Crippen LogP contribution in [0.1, 0.15) is 28.3 Å². The number of aromatic carboxylic acids is 1. The molecule has 0 heterocycles. The van der Waals surface area contributed by atoms with Crippen LogP contribution in [0.5, 0.6) is 11.5 Å². The highest BCUT2D eigenvalue weighted by Crippen LogP contribution is 2.25. The number of para-hydroxylation sites is 1. The van der Waals surface area contributed by atoms with E-state index >= 15 is 0 Å². The number of sulfonamides is 1. The number of rotatable bonds is 11. The zero-order chi connectivity index (χ0) is 27.8. The minimum atomic E-state index is -3.89. The number of amides is 1. The molecule has 0 radical (unpaired) electrons. The lowest BCUT2D eigenvalue weighted by Gasteiger charge is -2.18. The van der Waals surface area contributed by atoms with Crippen molar-refractivity contribution in [3.8, 4) is 11.5 Å². The van der Waals surface area contributed by atoms with Crippen molar-refractivity contribution in [2.75, 3.05) is 11.9 Å². The fourth-order valence-electron chi connectivity index (χ4n) is 3.78. The van der Waals surface area contributed by atoms with Gasteiger partial charge in [0.15, 0.2) is 0 Å². The second-order valence-corrected chi connectivity index (χ2v) is 10.8. The Bertz CT molecular complexity index is 1530. The second-order valence-electron chi connectivity index (χ2n) is 8.62. The second kappa shape index (κ2) is 12.6. The molecule has 4 aromatic carbocycles. The first kappa shape index (κ1) is 27.8. The van der Waals surface area contributed by atoms with Crippen molar-refractivity contribution in [1.82, 2.24) is 4.72 Å². The number of carboxylic acid groups (broad SMARTS) is 1. The van der Waals surface area contributed by atoms with E-state index in [4.69, 9.17) is 21.4 Å². The van der Waals surface area contributed by atoms with Gasteiger partial charge in [-0.1, -0.05) is 41.9 Å². The summed E-state index contributed by atoms with van der Waals surface area (Å²) in [6.45, 7) is -0.0440. The molecule has 0 aliphatic carbocycles. The average Bonchev–Trinajstić information content (AvgIpc) is 2.93. The number of benzene rings is 4. The van der Waals surface area contributed by atoms with Crippen LogP contribution in [0.4, 0.5) is 5.69 Å². The Morgan fingerprint density at radius 2 is 1.44 bits per heavy atom. The zero-order valence-electron chi connectivity index (χ0n) is 20.6. The van der Waals surface area contributed by atoms with Gasteiger partial charge in [-0.3, -0.25) is 4.79 Å². The van der Waals surface area contributed by atoms with Crippen LogP contribution in [0, 0.1) is 0 Å². The number of anilines is 1. The summed E-state index contributed by atoms with van der Waals surface area (Å²) in [6, 6.07) is 27.8. The van der Waals surface area contributed by atoms with Crippen LogP contribution in [0.3, 0.4) is 0 Å². The molecule has 1 amide bonds. The standard InChI is InChI=1S/C29H25ClN2O6S/c30-23-10-6-20(7-11-23)22(18-28(33)32-24-12-8-21(9-13-24)29(34)35)19-31-39(36,37)27-16-14-26(15-17-27)38-25-4-2-1-3-5-25/h1-17,22,31H,18-19H2,(H,32,33)(H,34,35). The van der Waals surface area contributed by atoms with E-state index in [2.05, 4.69) is 10.0 Å². The average molecular weight is 565 g/mol. The Morgan fingerprint density at radius 3 is 2.05 bits per heavy atom. The highest BCUT2D eigenvalue weighted by molar-refractivity contribution is 7.89. The first-order chi connectivity index (χ1) is 18.7. The maximum atomic E-state index is 13.0. The van der Waals surface area contributed by atoms with Crippen molar-refractivity contribution in [2.45, 2.75) is 17.2 Å². The predicted molar refractivity (Wildman–Crippen MR) is 149 cm³/mol. The third kappa shape index (κ3) is 7.90. The summed E-state index contributed by atoms with van der Waals surface area (Å²) in [5.41, 5.74) is 1.25. The summed E-state index contributed by atoms with van der Waals surface area (Å²) < 4.78 is 34.4. The van der Waals surface area contributed by atoms with Crippen LogP contribution in [0.25, 0.3) is 0 Å². The number of hydrogen-bond acceptors (Lipinski definition) is 5. The molecule has 39 heavy (non-hydrogen) atoms. The van der Waals surface area contributed by atoms with Crippen molar-refractivity contribution in [1.29, 1.82) is 0 Å². The van der Waals surface area contributed by atoms with Gasteiger partial charge < -0.3 is 15.2 Å². The number of carboxylic acids is 1. The summed E-state index contributed by atoms with van der Waals surface area (Å²) in [5, 5.41) is 12.3. The number of carbonyl (C=O) groups is 2. The maximum Gasteiger partial charge on any atom is 0.335 e. The van der Waals surface area contributed by atoms with Crippen LogP contribution in [-0.2, 0) is 14.8 Å². The predicted octanol–water partition coefficient (Wildman–Crippen LogP) is 5.92. The summed E-state index contributed by atoms with van der Waals surface area (Å²) in [7, 11) is -3.89. The number of hydrogen-bond donors (Lipinski definition) is 3. The van der Waals surface area contributed by atoms with E-state index in [0.29, 0.717) is 22.2 Å². The minimum Gasteiger partial charge on any atom is -0.478 e. The van der Waals surface area contributed by atoms with E-state index in [1.807, 2.05) is 18.2 Å². The van der Waals surface area contributed by atoms with Crippen LogP contribution in [-0.4, -0.2) is 31.9 Å². The van der Waals surface area contributed by atoms with Crippen molar-refractivity contribution in [3.63, 3.8) is 0 Å². The Balaban J connectivity index is 1.44. The first-order valence-electron chi connectivity index (χ1n) is 11.9. The Kier molecular flexibility index (Phi) is 8.98. The Labute approximate surface area is 231 Å². The quantitative estimate of drug-likeness (QED) is 0.208. The Hall–Kier alpha value is -4.18. The largest absolute Gasteiger partial charge is 0.478 e. The molecule has 200 valence electrons. The molecule has 0 fully saturated rings. The zero-order valence-corrected chi connectivity index (χ0v) is 22.2. The number of ether oxygens (including phenoxy) is 1. The third-order valence-corrected chi connectivity index (χ3v) is 7.51. The van der Waals surface area contributed by atoms with Gasteiger partial charge >= 0.3 is 5.97 Å². The molecule has 0 aliphatic heterocycles. The number of nitrogens with one attached hydrogen (secondary N) is 2. The van der Waals surface area contributed by atoms with Crippen molar-refractivity contribution in [2.24, 2.45) is 0 Å². The number of carbonyl (C=O) groups excluding carboxylic acids is 1. The molecule has 0 aliphatic rings. The van der Waals surface area contributed by atoms with E-state index in [9.17, 15) is 18.0 Å². The molecular weight excluding hydrogens is 540 g/mol. The lowest BCUT2D eigenvalue weighted by atomic mass is 9.95. The highest BCUT2D eigenvalue weighted by atomic mass is 35.5. The van der Waals surface area contributed by atoms with Gasteiger partial charge in [-0.15, -0.1) is 0 Å². The van der Waals surface area contributed by atoms with Crippen LogP contribution < -0.4 is 14.8 Å². The summed E-state index contributed by atoms with van der Waals surface area (Å²) >= 11 is 6.02. The smallest absolute Gasteiger partial charge is 0.335 e. The monoisotopic (exact) mass is 564 g/mol. The van der Waals surface area contributed by atoms with Gasteiger partial charge in [0, 0.05) is 29.6 Å². The maximum absolute atomic E-state index is 13.0. The first-order valence-corrected chi connectivity index (χ1v) is 13.8. The molecule has 0 aromatic heterocycles. The Morgan fingerprint density at radius 1 is 0.821 bits per heavy atom. The van der Waals surface area contributed by atoms with E-state index in [1.165, 1.54) is 36.4 Å². The number of halogens is 1. The summed E-state index contributed by atoms with van der Waals surface area (Å²) in [4.78, 5) is 23.9. The third-order valence-electron chi connectivity index (χ3n) is 5.82. The van der Waals surface area contributed by atoms with E-state index in [-0.39, 0.29) is 29.3 Å². The molecule has 1 unspecified atom stereocenters. The molecule has 4 aromatic rings. The molecule has 4 rings (SSSR count). The molecule has 3 N–H and O–H groups in total. The molecular formula is C29H25ClN2O6S. The lowest BCUT2D eigenvalue weighted by Crippen LogP contribution is -2.30. The summed E-state index contributed by atoms with van der Waals surface area (Å²) in [6.07, 6.45) is -0.0330. The molecule has 0 bridgehead atoms. The van der Waals surface area contributed by atoms with Crippen LogP contribution >= 0.6 is 11.6 Å². The van der Waals surface area contributed by atoms with Crippen molar-refractivity contribution >= 4 is 39.2 Å². The van der Waals surface area contributed by atoms with Gasteiger partial charge in [-0.2, -0.15) is 0 Å². The van der Waals surface area contributed by atoms with Gasteiger partial charge in [0.1, 0.15) is 11.5 Å². The SMILES string of the molecule is O=C(CC(CNS(=O)(=O)c1ccc(Oc2ccccc2)cc1)c1ccc(Cl)cc1)Nc1ccc(C(=O)O)cc1. The minimum absolute atomic E-state index is 0.0330. The topological polar surface area (TPSA) is 122 Å². The van der Waals surface area contributed by atoms with Crippen molar-refractivity contribution in [3.05, 3.63) is 119 Å². The molecule has 8 nitrogen and oxygen atoms in total. The van der Waals surface area contributed by atoms with Gasteiger partial charge in [0.05, 0.1) is 10.5 Å². The van der Waals surface area contributed by atoms with Gasteiger partial charge in [-0.05, 0) is 78.4 Å². The molecule has 0 saturated carbocycles. The normalized spacial score (nSPS) is 11.9. The lowest BCUT2D eigenvalue weighted by molar-refractivity contribution is -0.116. The van der Waals surface area contributed by atoms with Gasteiger partial charge in [0.2, 0.25) is 15.9 Å². The van der Waals surface area contributed by atoms with Crippen LogP contribution in [0.15, 0.2) is 108 Å². The van der Waals surface area contributed by atoms with E-state index in [1.54, 1.807) is 48.5 Å². The van der Waals surface area contributed by atoms with Crippen molar-refractivity contribution < 1.29 is 27.9 Å². The fraction of sp³-hybridized carbons (Fsp3) is 0.103. The molecule has 10 heteroatoms. The highest BCUT2D eigenvalue weighted by Gasteiger charge is 2.21. The molecule has 0 saturated heterocycles. The molecule has 0 spiro atoms. The van der Waals surface area contributed by atoms with Gasteiger partial charge in [-0.25, -0.2) is 17.9 Å². The fourth-order valence-corrected chi connectivity index (χ4v) is 4.99. The van der Waals surface area contributed by atoms with E-state index < -0.39 is 21.9 Å². The van der Waals surface area contributed by atoms with Crippen LogP contribution in [0.2, 0.25) is 5.02 Å².